The van der Waals surface area contributed by atoms with Crippen LogP contribution in [0.1, 0.15) is 12.8 Å². The molecule has 0 aromatic rings. The summed E-state index contributed by atoms with van der Waals surface area (Å²) in [5, 5.41) is 8.63. The van der Waals surface area contributed by atoms with Gasteiger partial charge in [0.25, 0.3) is 0 Å². The summed E-state index contributed by atoms with van der Waals surface area (Å²) in [6.45, 7) is -0.235. The van der Waals surface area contributed by atoms with Crippen molar-refractivity contribution < 1.29 is 14.3 Å². The highest BCUT2D eigenvalue weighted by molar-refractivity contribution is 5.80. The first-order valence-electron chi connectivity index (χ1n) is 4.04. The van der Waals surface area contributed by atoms with Crippen molar-refractivity contribution in [3.8, 4) is 0 Å². The zero-order valence-electron chi connectivity index (χ0n) is 7.53. The van der Waals surface area contributed by atoms with Crippen LogP contribution in [0.2, 0.25) is 0 Å². The normalized spacial score (nSPS) is 35.9. The number of carbonyl (C=O) groups is 1. The Morgan fingerprint density at radius 3 is 2.36 bits per heavy atom. The van der Waals surface area contributed by atoms with Crippen molar-refractivity contribution in [2.45, 2.75) is 24.0 Å². The van der Waals surface area contributed by atoms with E-state index in [2.05, 4.69) is 4.99 Å². The summed E-state index contributed by atoms with van der Waals surface area (Å²) >= 11 is 0. The number of rotatable bonds is 3. The molecule has 0 spiro atoms. The van der Waals surface area contributed by atoms with Crippen molar-refractivity contribution in [1.82, 2.24) is 0 Å². The number of carboxylic acids is 1. The number of hydrogen-bond donors (Lipinski definition) is 4. The molecular formula is C7H13FN4O2. The smallest absolute Gasteiger partial charge is 0.323 e. The fourth-order valence-electron chi connectivity index (χ4n) is 1.57. The molecule has 0 heterocycles. The van der Waals surface area contributed by atoms with E-state index >= 15 is 0 Å². The van der Waals surface area contributed by atoms with Gasteiger partial charge < -0.3 is 22.3 Å². The van der Waals surface area contributed by atoms with Crippen LogP contribution in [0.25, 0.3) is 0 Å². The summed E-state index contributed by atoms with van der Waals surface area (Å²) in [4.78, 5) is 14.0. The van der Waals surface area contributed by atoms with Gasteiger partial charge >= 0.3 is 5.97 Å². The first-order chi connectivity index (χ1) is 6.27. The van der Waals surface area contributed by atoms with Gasteiger partial charge in [-0.2, -0.15) is 0 Å². The quantitative estimate of drug-likeness (QED) is 0.330. The molecule has 0 aromatic carbocycles. The van der Waals surface area contributed by atoms with Gasteiger partial charge in [0.2, 0.25) is 0 Å². The molecule has 0 aromatic heterocycles. The van der Waals surface area contributed by atoms with Crippen molar-refractivity contribution in [2.24, 2.45) is 22.2 Å². The van der Waals surface area contributed by atoms with Crippen LogP contribution in [0.15, 0.2) is 4.99 Å². The van der Waals surface area contributed by atoms with Crippen molar-refractivity contribution >= 4 is 11.9 Å². The second-order valence-corrected chi connectivity index (χ2v) is 3.71. The van der Waals surface area contributed by atoms with Gasteiger partial charge in [-0.15, -0.1) is 0 Å². The van der Waals surface area contributed by atoms with Crippen LogP contribution in [-0.4, -0.2) is 34.8 Å². The number of aliphatic imine (C=N–C) groups is 1. The number of nitrogens with zero attached hydrogens (tertiary/aromatic N) is 1. The number of halogens is 1. The molecule has 0 amide bonds. The lowest BCUT2D eigenvalue weighted by Crippen LogP contribution is -2.65. The van der Waals surface area contributed by atoms with Crippen LogP contribution in [0.4, 0.5) is 4.39 Å². The average Bonchev–Trinajstić information content (AvgIpc) is 1.98. The summed E-state index contributed by atoms with van der Waals surface area (Å²) in [5.41, 5.74) is 12.3. The van der Waals surface area contributed by atoms with E-state index in [4.69, 9.17) is 22.3 Å². The molecule has 0 unspecified atom stereocenters. The molecule has 1 rings (SSSR count). The van der Waals surface area contributed by atoms with Crippen LogP contribution < -0.4 is 17.2 Å². The summed E-state index contributed by atoms with van der Waals surface area (Å²) in [7, 11) is 0. The second kappa shape index (κ2) is 3.09. The molecule has 0 bridgehead atoms. The molecule has 0 aliphatic heterocycles. The lowest BCUT2D eigenvalue weighted by molar-refractivity contribution is -0.154. The third kappa shape index (κ3) is 1.92. The molecule has 0 atom stereocenters. The summed E-state index contributed by atoms with van der Waals surface area (Å²) in [5.74, 6) is -1.41. The third-order valence-corrected chi connectivity index (χ3v) is 2.24. The first-order valence-corrected chi connectivity index (χ1v) is 4.04. The van der Waals surface area contributed by atoms with Gasteiger partial charge in [-0.05, 0) is 0 Å². The fourth-order valence-corrected chi connectivity index (χ4v) is 1.57. The zero-order chi connectivity index (χ0) is 11.0. The van der Waals surface area contributed by atoms with Gasteiger partial charge in [0, 0.05) is 12.8 Å². The van der Waals surface area contributed by atoms with Gasteiger partial charge in [-0.25, -0.2) is 4.39 Å². The van der Waals surface area contributed by atoms with Gasteiger partial charge in [-0.1, -0.05) is 0 Å². The molecule has 7 heteroatoms. The maximum Gasteiger partial charge on any atom is 0.323 e. The molecule has 1 fully saturated rings. The maximum absolute atomic E-state index is 13.6. The van der Waals surface area contributed by atoms with Crippen molar-refractivity contribution in [3.05, 3.63) is 0 Å². The Morgan fingerprint density at radius 1 is 1.50 bits per heavy atom. The lowest BCUT2D eigenvalue weighted by atomic mass is 9.66. The Labute approximate surface area is 80.0 Å². The van der Waals surface area contributed by atoms with E-state index in [1.54, 1.807) is 0 Å². The molecular weight excluding hydrogens is 191 g/mol. The molecule has 1 aliphatic rings. The van der Waals surface area contributed by atoms with E-state index in [-0.39, 0.29) is 25.3 Å². The molecule has 7 N–H and O–H groups in total. The Morgan fingerprint density at radius 2 is 2.00 bits per heavy atom. The summed E-state index contributed by atoms with van der Waals surface area (Å²) in [6.07, 6.45) is -0.516. The highest BCUT2D eigenvalue weighted by Crippen LogP contribution is 2.43. The van der Waals surface area contributed by atoms with Gasteiger partial charge in [-0.3, -0.25) is 9.79 Å². The molecule has 80 valence electrons. The summed E-state index contributed by atoms with van der Waals surface area (Å²) < 4.78 is 13.6. The standard InChI is InChI=1S/C7H13FN4O2/c8-6(3-12-5(9)10)1-7(11,2-6)4(13)14/h1-3,11H2,(H,13,14)(H4,9,10,12). The number of guanidine groups is 1. The number of hydrogen-bond acceptors (Lipinski definition) is 3. The van der Waals surface area contributed by atoms with Gasteiger partial charge in [0.15, 0.2) is 5.96 Å². The van der Waals surface area contributed by atoms with Crippen LogP contribution in [0, 0.1) is 0 Å². The van der Waals surface area contributed by atoms with Crippen LogP contribution in [-0.2, 0) is 4.79 Å². The van der Waals surface area contributed by atoms with Crippen molar-refractivity contribution in [1.29, 1.82) is 0 Å². The second-order valence-electron chi connectivity index (χ2n) is 3.71. The largest absolute Gasteiger partial charge is 0.480 e. The van der Waals surface area contributed by atoms with Crippen molar-refractivity contribution in [3.63, 3.8) is 0 Å². The minimum Gasteiger partial charge on any atom is -0.480 e. The highest BCUT2D eigenvalue weighted by Gasteiger charge is 2.57. The third-order valence-electron chi connectivity index (χ3n) is 2.24. The topological polar surface area (TPSA) is 128 Å². The zero-order valence-corrected chi connectivity index (χ0v) is 7.53. The van der Waals surface area contributed by atoms with E-state index in [1.807, 2.05) is 0 Å². The lowest BCUT2D eigenvalue weighted by Gasteiger charge is -2.45. The Kier molecular flexibility index (Phi) is 2.36. The van der Waals surface area contributed by atoms with E-state index in [0.29, 0.717) is 0 Å². The molecule has 6 nitrogen and oxygen atoms in total. The van der Waals surface area contributed by atoms with Crippen LogP contribution in [0.3, 0.4) is 0 Å². The molecule has 0 radical (unpaired) electrons. The summed E-state index contributed by atoms with van der Waals surface area (Å²) in [6, 6.07) is 0. The van der Waals surface area contributed by atoms with Crippen molar-refractivity contribution in [2.75, 3.05) is 6.54 Å². The Bertz CT molecular complexity index is 281. The van der Waals surface area contributed by atoms with Crippen LogP contribution >= 0.6 is 0 Å². The number of carboxylic acid groups (broad SMARTS) is 1. The predicted octanol–water partition coefficient (Wildman–Crippen LogP) is -1.46. The average molecular weight is 204 g/mol. The molecule has 0 saturated heterocycles. The van der Waals surface area contributed by atoms with E-state index in [1.165, 1.54) is 0 Å². The Balaban J connectivity index is 2.53. The minimum absolute atomic E-state index is 0.216. The van der Waals surface area contributed by atoms with Crippen LogP contribution in [0.5, 0.6) is 0 Å². The molecule has 14 heavy (non-hydrogen) atoms. The predicted molar refractivity (Wildman–Crippen MR) is 48.3 cm³/mol. The number of aliphatic carboxylic acids is 1. The molecule has 1 saturated carbocycles. The molecule has 1 aliphatic carbocycles. The number of alkyl halides is 1. The SMILES string of the molecule is NC(N)=NCC1(F)CC(N)(C(=O)O)C1. The van der Waals surface area contributed by atoms with E-state index in [0.717, 1.165) is 0 Å². The minimum atomic E-state index is -1.68. The maximum atomic E-state index is 13.6. The fraction of sp³-hybridized carbons (Fsp3) is 0.714. The van der Waals surface area contributed by atoms with E-state index < -0.39 is 17.2 Å². The highest BCUT2D eigenvalue weighted by atomic mass is 19.1. The monoisotopic (exact) mass is 204 g/mol. The first kappa shape index (κ1) is 10.7. The van der Waals surface area contributed by atoms with E-state index in [9.17, 15) is 9.18 Å². The van der Waals surface area contributed by atoms with Gasteiger partial charge in [0.05, 0.1) is 6.54 Å². The van der Waals surface area contributed by atoms with Gasteiger partial charge in [0.1, 0.15) is 11.2 Å². The Hall–Kier alpha value is -1.37. The number of nitrogens with two attached hydrogens (primary N) is 3.